The molecular formula is C28H47N5O5. The second kappa shape index (κ2) is 12.3. The van der Waals surface area contributed by atoms with Crippen molar-refractivity contribution in [2.45, 2.75) is 111 Å². The molecule has 2 rings (SSSR count). The normalized spacial score (nSPS) is 21.5. The van der Waals surface area contributed by atoms with Gasteiger partial charge in [-0.25, -0.2) is 4.79 Å². The number of nitrogens with zero attached hydrogens (tertiary/aromatic N) is 1. The van der Waals surface area contributed by atoms with Crippen LogP contribution >= 0.6 is 0 Å². The molecule has 2 fully saturated rings. The van der Waals surface area contributed by atoms with Crippen molar-refractivity contribution in [3.8, 4) is 0 Å². The lowest BCUT2D eigenvalue weighted by Gasteiger charge is -2.36. The van der Waals surface area contributed by atoms with Crippen LogP contribution in [-0.2, 0) is 19.2 Å². The molecule has 214 valence electrons. The highest BCUT2D eigenvalue weighted by atomic mass is 16.2. The fourth-order valence-corrected chi connectivity index (χ4v) is 5.01. The fourth-order valence-electron chi connectivity index (χ4n) is 5.01. The third kappa shape index (κ3) is 8.84. The number of likely N-dealkylation sites (tertiary alicyclic amines) is 1. The van der Waals surface area contributed by atoms with Gasteiger partial charge in [-0.2, -0.15) is 0 Å². The van der Waals surface area contributed by atoms with Crippen molar-refractivity contribution < 1.29 is 24.0 Å². The third-order valence-electron chi connectivity index (χ3n) is 7.03. The number of carbonyl (C=O) groups excluding carboxylic acids is 5. The van der Waals surface area contributed by atoms with E-state index in [1.54, 1.807) is 0 Å². The van der Waals surface area contributed by atoms with E-state index < -0.39 is 52.7 Å². The first-order valence-corrected chi connectivity index (χ1v) is 13.6. The van der Waals surface area contributed by atoms with Gasteiger partial charge in [0.25, 0.3) is 5.91 Å². The van der Waals surface area contributed by atoms with E-state index in [1.165, 1.54) is 4.90 Å². The summed E-state index contributed by atoms with van der Waals surface area (Å²) in [5, 5.41) is 8.38. The van der Waals surface area contributed by atoms with Gasteiger partial charge >= 0.3 is 6.03 Å². The average Bonchev–Trinajstić information content (AvgIpc) is 3.13. The Morgan fingerprint density at radius 2 is 1.61 bits per heavy atom. The van der Waals surface area contributed by atoms with E-state index >= 15 is 0 Å². The van der Waals surface area contributed by atoms with Crippen LogP contribution in [0.5, 0.6) is 0 Å². The van der Waals surface area contributed by atoms with E-state index in [1.807, 2.05) is 61.5 Å². The molecule has 0 spiro atoms. The van der Waals surface area contributed by atoms with Gasteiger partial charge in [0.2, 0.25) is 17.6 Å². The van der Waals surface area contributed by atoms with Gasteiger partial charge in [0, 0.05) is 12.1 Å². The number of allylic oxidation sites excluding steroid dienone is 1. The Balaban J connectivity index is 2.33. The minimum atomic E-state index is -1.08. The minimum Gasteiger partial charge on any atom is -0.363 e. The summed E-state index contributed by atoms with van der Waals surface area (Å²) < 4.78 is 0. The van der Waals surface area contributed by atoms with Gasteiger partial charge in [0.1, 0.15) is 12.1 Å². The van der Waals surface area contributed by atoms with E-state index in [4.69, 9.17) is 5.73 Å². The summed E-state index contributed by atoms with van der Waals surface area (Å²) in [6.07, 6.45) is 5.67. The van der Waals surface area contributed by atoms with Crippen LogP contribution in [0.1, 0.15) is 87.5 Å². The summed E-state index contributed by atoms with van der Waals surface area (Å²) in [5.74, 6) is -2.59. The van der Waals surface area contributed by atoms with E-state index in [0.717, 1.165) is 24.8 Å². The molecule has 1 saturated carbocycles. The molecule has 1 saturated heterocycles. The zero-order valence-electron chi connectivity index (χ0n) is 24.3. The molecule has 0 bridgehead atoms. The van der Waals surface area contributed by atoms with Crippen LogP contribution in [0.2, 0.25) is 0 Å². The van der Waals surface area contributed by atoms with Crippen molar-refractivity contribution in [1.82, 2.24) is 20.9 Å². The Morgan fingerprint density at radius 1 is 1.00 bits per heavy atom. The van der Waals surface area contributed by atoms with Gasteiger partial charge in [0.05, 0.1) is 6.04 Å². The molecule has 5 N–H and O–H groups in total. The first-order chi connectivity index (χ1) is 17.4. The molecular weight excluding hydrogens is 486 g/mol. The number of urea groups is 1. The number of nitrogens with two attached hydrogens (primary N) is 1. The van der Waals surface area contributed by atoms with E-state index in [-0.39, 0.29) is 17.7 Å². The number of Topliss-reactive ketones (excluding diaryl/α,β-unsaturated/α-hetero) is 1. The van der Waals surface area contributed by atoms with E-state index in [2.05, 4.69) is 16.0 Å². The first kappa shape index (κ1) is 31.3. The van der Waals surface area contributed by atoms with Crippen LogP contribution in [0.3, 0.4) is 0 Å². The Bertz CT molecular complexity index is 954. The van der Waals surface area contributed by atoms with Crippen molar-refractivity contribution in [1.29, 1.82) is 0 Å². The second-order valence-corrected chi connectivity index (χ2v) is 13.2. The van der Waals surface area contributed by atoms with Crippen LogP contribution < -0.4 is 21.7 Å². The van der Waals surface area contributed by atoms with Crippen LogP contribution in [0.4, 0.5) is 4.79 Å². The monoisotopic (exact) mass is 533 g/mol. The van der Waals surface area contributed by atoms with Gasteiger partial charge in [-0.1, -0.05) is 51.7 Å². The number of hydrogen-bond acceptors (Lipinski definition) is 5. The van der Waals surface area contributed by atoms with Crippen molar-refractivity contribution in [2.75, 3.05) is 6.54 Å². The van der Waals surface area contributed by atoms with Gasteiger partial charge in [-0.15, -0.1) is 0 Å². The second-order valence-electron chi connectivity index (χ2n) is 13.2. The standard InChI is InChI=1S/C28H47N5O5/c1-16(2)12-18-14-20(24(36)30-19(21(34)23(29)35)13-17-10-9-11-17)33(15-18)25(37)22(27(3,4)5)31-26(38)32-28(6,7)8/h12,17-20,22H,9-11,13-15H2,1-8H3,(H2,29,35)(H,30,36)(H2,31,32,38). The topological polar surface area (TPSA) is 151 Å². The zero-order chi connectivity index (χ0) is 29.0. The molecule has 38 heavy (non-hydrogen) atoms. The molecule has 1 heterocycles. The summed E-state index contributed by atoms with van der Waals surface area (Å²) in [6, 6.07) is -3.24. The molecule has 1 aliphatic carbocycles. The van der Waals surface area contributed by atoms with Crippen molar-refractivity contribution in [2.24, 2.45) is 23.0 Å². The maximum absolute atomic E-state index is 13.9. The number of rotatable bonds is 9. The maximum atomic E-state index is 13.9. The molecule has 0 aromatic carbocycles. The summed E-state index contributed by atoms with van der Waals surface area (Å²) in [7, 11) is 0. The number of amides is 5. The summed E-state index contributed by atoms with van der Waals surface area (Å²) in [6.45, 7) is 15.3. The van der Waals surface area contributed by atoms with Crippen molar-refractivity contribution >= 4 is 29.5 Å². The lowest BCUT2D eigenvalue weighted by Crippen LogP contribution is -2.61. The van der Waals surface area contributed by atoms with Gasteiger partial charge < -0.3 is 26.6 Å². The summed E-state index contributed by atoms with van der Waals surface area (Å²) in [5.41, 5.74) is 5.19. The Kier molecular flexibility index (Phi) is 10.1. The maximum Gasteiger partial charge on any atom is 0.315 e. The van der Waals surface area contributed by atoms with E-state index in [9.17, 15) is 24.0 Å². The molecule has 2 aliphatic rings. The molecule has 0 radical (unpaired) electrons. The largest absolute Gasteiger partial charge is 0.363 e. The van der Waals surface area contributed by atoms with Crippen LogP contribution in [0, 0.1) is 17.3 Å². The predicted molar refractivity (Wildman–Crippen MR) is 146 cm³/mol. The van der Waals surface area contributed by atoms with Crippen LogP contribution in [0.25, 0.3) is 0 Å². The lowest BCUT2D eigenvalue weighted by molar-refractivity contribution is -0.143. The van der Waals surface area contributed by atoms with Crippen molar-refractivity contribution in [3.63, 3.8) is 0 Å². The Morgan fingerprint density at radius 3 is 2.05 bits per heavy atom. The Hall–Kier alpha value is -2.91. The third-order valence-corrected chi connectivity index (χ3v) is 7.03. The predicted octanol–water partition coefficient (Wildman–Crippen LogP) is 2.41. The molecule has 10 nitrogen and oxygen atoms in total. The van der Waals surface area contributed by atoms with Crippen molar-refractivity contribution in [3.05, 3.63) is 11.6 Å². The van der Waals surface area contributed by atoms with Crippen LogP contribution in [0.15, 0.2) is 11.6 Å². The molecule has 10 heteroatoms. The highest BCUT2D eigenvalue weighted by Gasteiger charge is 2.45. The molecule has 0 aromatic rings. The van der Waals surface area contributed by atoms with Gasteiger partial charge in [-0.05, 0) is 64.7 Å². The Labute approximate surface area is 226 Å². The lowest BCUT2D eigenvalue weighted by atomic mass is 9.80. The highest BCUT2D eigenvalue weighted by molar-refractivity contribution is 6.37. The first-order valence-electron chi connectivity index (χ1n) is 13.6. The smallest absolute Gasteiger partial charge is 0.315 e. The van der Waals surface area contributed by atoms with Gasteiger partial charge in [-0.3, -0.25) is 19.2 Å². The SMILES string of the molecule is CC(C)=CC1CC(C(=O)NC(CC2CCC2)C(=O)C(N)=O)N(C(=O)C(NC(=O)NC(C)(C)C)C(C)(C)C)C1. The average molecular weight is 534 g/mol. The number of nitrogens with one attached hydrogen (secondary N) is 3. The number of ketones is 1. The quantitative estimate of drug-likeness (QED) is 0.265. The number of primary amides is 1. The zero-order valence-corrected chi connectivity index (χ0v) is 24.3. The molecule has 4 atom stereocenters. The molecule has 5 amide bonds. The number of hydrogen-bond donors (Lipinski definition) is 4. The van der Waals surface area contributed by atoms with E-state index in [0.29, 0.717) is 19.4 Å². The van der Waals surface area contributed by atoms with Crippen LogP contribution in [-0.4, -0.2) is 64.6 Å². The molecule has 0 aromatic heterocycles. The van der Waals surface area contributed by atoms with Gasteiger partial charge in [0.15, 0.2) is 0 Å². The molecule has 4 unspecified atom stereocenters. The summed E-state index contributed by atoms with van der Waals surface area (Å²) >= 11 is 0. The summed E-state index contributed by atoms with van der Waals surface area (Å²) in [4.78, 5) is 65.9. The molecule has 1 aliphatic heterocycles. The minimum absolute atomic E-state index is 0.0688. The highest BCUT2D eigenvalue weighted by Crippen LogP contribution is 2.32. The fraction of sp³-hybridized carbons (Fsp3) is 0.750. The number of carbonyl (C=O) groups is 5.